The highest BCUT2D eigenvalue weighted by Gasteiger charge is 2.17. The van der Waals surface area contributed by atoms with Crippen molar-refractivity contribution in [3.8, 4) is 17.2 Å². The molecule has 0 saturated heterocycles. The lowest BCUT2D eigenvalue weighted by Crippen LogP contribution is -2.34. The summed E-state index contributed by atoms with van der Waals surface area (Å²) in [6.45, 7) is 3.26. The molecule has 0 radical (unpaired) electrons. The summed E-state index contributed by atoms with van der Waals surface area (Å²) in [5.74, 6) is 2.05. The molecule has 6 heteroatoms. The number of ether oxygens (including phenoxy) is 3. The molecule has 3 aromatic carbocycles. The van der Waals surface area contributed by atoms with E-state index in [1.807, 2.05) is 61.5 Å². The summed E-state index contributed by atoms with van der Waals surface area (Å²) >= 11 is 3.59. The molecule has 0 unspecified atom stereocenters. The van der Waals surface area contributed by atoms with Crippen LogP contribution in [0.4, 0.5) is 0 Å². The first-order chi connectivity index (χ1) is 13.7. The molecule has 0 saturated carbocycles. The second-order valence-corrected chi connectivity index (χ2v) is 7.28. The van der Waals surface area contributed by atoms with Gasteiger partial charge in [-0.3, -0.25) is 4.79 Å². The average molecular weight is 442 g/mol. The molecule has 3 aromatic rings. The molecule has 0 aromatic heterocycles. The van der Waals surface area contributed by atoms with Crippen molar-refractivity contribution in [3.63, 3.8) is 0 Å². The lowest BCUT2D eigenvalue weighted by molar-refractivity contribution is -0.133. The summed E-state index contributed by atoms with van der Waals surface area (Å²) in [5.41, 5.74) is 0.992. The van der Waals surface area contributed by atoms with E-state index in [2.05, 4.69) is 15.9 Å². The van der Waals surface area contributed by atoms with Crippen molar-refractivity contribution in [1.29, 1.82) is 0 Å². The SMILES string of the molecule is CCN(Cc1ccc2c(c1)OCO2)C(=O)COc1ccc2ccccc2c1Br. The van der Waals surface area contributed by atoms with Crippen LogP contribution in [0.15, 0.2) is 59.1 Å². The minimum Gasteiger partial charge on any atom is -0.483 e. The third kappa shape index (κ3) is 3.78. The van der Waals surface area contributed by atoms with Gasteiger partial charge < -0.3 is 19.1 Å². The number of fused-ring (bicyclic) bond motifs is 2. The van der Waals surface area contributed by atoms with Gasteiger partial charge in [0, 0.05) is 13.1 Å². The van der Waals surface area contributed by atoms with Crippen LogP contribution >= 0.6 is 15.9 Å². The zero-order valence-electron chi connectivity index (χ0n) is 15.5. The predicted molar refractivity (Wildman–Crippen MR) is 111 cm³/mol. The number of carbonyl (C=O) groups is 1. The Balaban J connectivity index is 1.43. The van der Waals surface area contributed by atoms with Crippen LogP contribution in [0.2, 0.25) is 0 Å². The molecular formula is C22H20BrNO4. The summed E-state index contributed by atoms with van der Waals surface area (Å²) in [7, 11) is 0. The summed E-state index contributed by atoms with van der Waals surface area (Å²) in [4.78, 5) is 14.4. The molecule has 0 aliphatic carbocycles. The van der Waals surface area contributed by atoms with Gasteiger partial charge >= 0.3 is 0 Å². The number of amides is 1. The van der Waals surface area contributed by atoms with Crippen LogP contribution in [0, 0.1) is 0 Å². The highest BCUT2D eigenvalue weighted by atomic mass is 79.9. The van der Waals surface area contributed by atoms with Gasteiger partial charge in [-0.2, -0.15) is 0 Å². The first-order valence-corrected chi connectivity index (χ1v) is 9.91. The number of likely N-dealkylation sites (N-methyl/N-ethyl adjacent to an activating group) is 1. The quantitative estimate of drug-likeness (QED) is 0.553. The Morgan fingerprint density at radius 3 is 2.79 bits per heavy atom. The molecule has 1 aliphatic heterocycles. The Bertz CT molecular complexity index is 1020. The van der Waals surface area contributed by atoms with Gasteiger partial charge in [0.1, 0.15) is 5.75 Å². The first-order valence-electron chi connectivity index (χ1n) is 9.12. The number of rotatable bonds is 6. The van der Waals surface area contributed by atoms with Crippen LogP contribution in [-0.4, -0.2) is 30.8 Å². The van der Waals surface area contributed by atoms with Gasteiger partial charge in [-0.05, 0) is 57.4 Å². The van der Waals surface area contributed by atoms with E-state index in [9.17, 15) is 4.79 Å². The molecule has 4 rings (SSSR count). The molecule has 0 spiro atoms. The van der Waals surface area contributed by atoms with Crippen molar-refractivity contribution in [2.75, 3.05) is 19.9 Å². The van der Waals surface area contributed by atoms with Crippen molar-refractivity contribution in [2.45, 2.75) is 13.5 Å². The maximum absolute atomic E-state index is 12.7. The molecule has 0 bridgehead atoms. The van der Waals surface area contributed by atoms with Gasteiger partial charge in [0.05, 0.1) is 4.47 Å². The molecule has 0 atom stereocenters. The van der Waals surface area contributed by atoms with Gasteiger partial charge in [-0.25, -0.2) is 0 Å². The minimum absolute atomic E-state index is 0.0185. The summed E-state index contributed by atoms with van der Waals surface area (Å²) < 4.78 is 17.4. The molecule has 0 N–H and O–H groups in total. The molecule has 144 valence electrons. The predicted octanol–water partition coefficient (Wildman–Crippen LogP) is 4.76. The highest BCUT2D eigenvalue weighted by Crippen LogP contribution is 2.34. The molecule has 28 heavy (non-hydrogen) atoms. The zero-order chi connectivity index (χ0) is 19.5. The molecular weight excluding hydrogens is 422 g/mol. The Labute approximate surface area is 171 Å². The normalized spacial score (nSPS) is 12.2. The summed E-state index contributed by atoms with van der Waals surface area (Å²) in [5, 5.41) is 2.17. The third-order valence-corrected chi connectivity index (χ3v) is 5.54. The van der Waals surface area contributed by atoms with Crippen molar-refractivity contribution in [2.24, 2.45) is 0 Å². The van der Waals surface area contributed by atoms with Crippen LogP contribution in [0.1, 0.15) is 12.5 Å². The fourth-order valence-electron chi connectivity index (χ4n) is 3.19. The van der Waals surface area contributed by atoms with E-state index < -0.39 is 0 Å². The number of benzene rings is 3. The Hall–Kier alpha value is -2.73. The number of nitrogens with zero attached hydrogens (tertiary/aromatic N) is 1. The second kappa shape index (κ2) is 8.10. The Kier molecular flexibility index (Phi) is 5.39. The fraction of sp³-hybridized carbons (Fsp3) is 0.227. The van der Waals surface area contributed by atoms with E-state index in [4.69, 9.17) is 14.2 Å². The van der Waals surface area contributed by atoms with Gasteiger partial charge in [-0.15, -0.1) is 0 Å². The fourth-order valence-corrected chi connectivity index (χ4v) is 3.80. The molecule has 0 fully saturated rings. The first kappa shape index (κ1) is 18.6. The topological polar surface area (TPSA) is 48.0 Å². The van der Waals surface area contributed by atoms with Crippen LogP contribution in [0.25, 0.3) is 10.8 Å². The smallest absolute Gasteiger partial charge is 0.260 e. The summed E-state index contributed by atoms with van der Waals surface area (Å²) in [6, 6.07) is 17.6. The Morgan fingerprint density at radius 1 is 1.11 bits per heavy atom. The van der Waals surface area contributed by atoms with Crippen LogP contribution in [0.5, 0.6) is 17.2 Å². The highest BCUT2D eigenvalue weighted by molar-refractivity contribution is 9.10. The maximum Gasteiger partial charge on any atom is 0.260 e. The number of halogens is 1. The molecule has 5 nitrogen and oxygen atoms in total. The van der Waals surface area contributed by atoms with E-state index >= 15 is 0 Å². The molecule has 1 amide bonds. The average Bonchev–Trinajstić information content (AvgIpc) is 3.19. The third-order valence-electron chi connectivity index (χ3n) is 4.72. The monoisotopic (exact) mass is 441 g/mol. The van der Waals surface area contributed by atoms with Gasteiger partial charge in [0.15, 0.2) is 18.1 Å². The van der Waals surface area contributed by atoms with Crippen molar-refractivity contribution in [1.82, 2.24) is 4.90 Å². The summed E-state index contributed by atoms with van der Waals surface area (Å²) in [6.07, 6.45) is 0. The van der Waals surface area contributed by atoms with Crippen molar-refractivity contribution >= 4 is 32.6 Å². The van der Waals surface area contributed by atoms with Crippen molar-refractivity contribution < 1.29 is 19.0 Å². The molecule has 1 heterocycles. The van der Waals surface area contributed by atoms with Crippen LogP contribution in [0.3, 0.4) is 0 Å². The Morgan fingerprint density at radius 2 is 1.93 bits per heavy atom. The van der Waals surface area contributed by atoms with Crippen LogP contribution < -0.4 is 14.2 Å². The van der Waals surface area contributed by atoms with Crippen molar-refractivity contribution in [3.05, 3.63) is 64.6 Å². The standard InChI is InChI=1S/C22H20BrNO4/c1-2-24(12-15-7-9-18-20(11-15)28-14-27-18)21(25)13-26-19-10-8-16-5-3-4-6-17(16)22(19)23/h3-11H,2,12-14H2,1H3. The van der Waals surface area contributed by atoms with E-state index in [0.29, 0.717) is 18.8 Å². The number of hydrogen-bond donors (Lipinski definition) is 0. The maximum atomic E-state index is 12.7. The number of hydrogen-bond acceptors (Lipinski definition) is 4. The van der Waals surface area contributed by atoms with E-state index in [-0.39, 0.29) is 19.3 Å². The largest absolute Gasteiger partial charge is 0.483 e. The van der Waals surface area contributed by atoms with Gasteiger partial charge in [-0.1, -0.05) is 36.4 Å². The van der Waals surface area contributed by atoms with E-state index in [1.165, 1.54) is 0 Å². The molecule has 1 aliphatic rings. The lowest BCUT2D eigenvalue weighted by atomic mass is 10.1. The van der Waals surface area contributed by atoms with E-state index in [0.717, 1.165) is 32.3 Å². The van der Waals surface area contributed by atoms with Gasteiger partial charge in [0.25, 0.3) is 5.91 Å². The minimum atomic E-state index is -0.0692. The van der Waals surface area contributed by atoms with Gasteiger partial charge in [0.2, 0.25) is 6.79 Å². The number of carbonyl (C=O) groups excluding carboxylic acids is 1. The van der Waals surface area contributed by atoms with E-state index in [1.54, 1.807) is 4.90 Å². The van der Waals surface area contributed by atoms with Crippen LogP contribution in [-0.2, 0) is 11.3 Å². The zero-order valence-corrected chi connectivity index (χ0v) is 17.1. The lowest BCUT2D eigenvalue weighted by Gasteiger charge is -2.21. The second-order valence-electron chi connectivity index (χ2n) is 6.48.